The quantitative estimate of drug-likeness (QED) is 0.345. The van der Waals surface area contributed by atoms with E-state index in [-0.39, 0.29) is 16.9 Å². The molecular formula is C25H21ClN2O4. The predicted octanol–water partition coefficient (Wildman–Crippen LogP) is 4.99. The molecule has 7 heteroatoms. The number of carbonyl (C=O) groups excluding carboxylic acids is 2. The minimum absolute atomic E-state index is 0.0739. The number of rotatable bonds is 4. The normalized spacial score (nSPS) is 17.6. The molecule has 1 unspecified atom stereocenters. The number of ether oxygens (including phenoxy) is 1. The molecule has 0 radical (unpaired) electrons. The first-order valence-electron chi connectivity index (χ1n) is 9.97. The second-order valence-electron chi connectivity index (χ2n) is 7.49. The van der Waals surface area contributed by atoms with E-state index in [0.29, 0.717) is 22.2 Å². The van der Waals surface area contributed by atoms with Crippen molar-refractivity contribution in [3.63, 3.8) is 0 Å². The number of amides is 1. The average molecular weight is 449 g/mol. The van der Waals surface area contributed by atoms with E-state index in [2.05, 4.69) is 4.98 Å². The Balaban J connectivity index is 2.01. The van der Waals surface area contributed by atoms with Crippen LogP contribution in [0.1, 0.15) is 28.4 Å². The Morgan fingerprint density at radius 3 is 2.56 bits per heavy atom. The zero-order valence-corrected chi connectivity index (χ0v) is 18.6. The van der Waals surface area contributed by atoms with Crippen LogP contribution in [-0.2, 0) is 9.59 Å². The van der Waals surface area contributed by atoms with E-state index in [1.807, 2.05) is 26.0 Å². The first kappa shape index (κ1) is 21.6. The zero-order chi connectivity index (χ0) is 23.0. The van der Waals surface area contributed by atoms with E-state index >= 15 is 0 Å². The number of aliphatic hydroxyl groups excluding tert-OH is 1. The molecule has 1 aliphatic heterocycles. The maximum atomic E-state index is 13.3. The summed E-state index contributed by atoms with van der Waals surface area (Å²) in [5.41, 5.74) is 3.02. The van der Waals surface area contributed by atoms with Crippen molar-refractivity contribution in [2.24, 2.45) is 0 Å². The van der Waals surface area contributed by atoms with E-state index in [1.165, 1.54) is 18.1 Å². The van der Waals surface area contributed by atoms with Crippen molar-refractivity contribution in [3.8, 4) is 5.75 Å². The molecule has 1 fully saturated rings. The molecule has 1 saturated heterocycles. The Morgan fingerprint density at radius 2 is 1.88 bits per heavy atom. The Labute approximate surface area is 190 Å². The van der Waals surface area contributed by atoms with Crippen LogP contribution in [0.15, 0.2) is 66.4 Å². The lowest BCUT2D eigenvalue weighted by Crippen LogP contribution is -2.30. The number of halogens is 1. The fourth-order valence-corrected chi connectivity index (χ4v) is 4.08. The Hall–Kier alpha value is -3.64. The number of aryl methyl sites for hydroxylation is 1. The summed E-state index contributed by atoms with van der Waals surface area (Å²) in [5, 5.41) is 11.6. The molecule has 1 amide bonds. The van der Waals surface area contributed by atoms with Crippen LogP contribution in [0.2, 0.25) is 5.02 Å². The van der Waals surface area contributed by atoms with Crippen LogP contribution < -0.4 is 9.64 Å². The zero-order valence-electron chi connectivity index (χ0n) is 17.8. The standard InChI is InChI=1S/C25H21ClN2O4/c1-14-7-6-9-19(15(14)2)28-22(18-8-4-5-12-27-18)21(24(30)25(28)31)23(29)17-13-16(26)10-11-20(17)32-3/h4-13,22,29H,1-3H3/b23-21+. The number of hydrogen-bond donors (Lipinski definition) is 1. The van der Waals surface area contributed by atoms with E-state index in [0.717, 1.165) is 11.1 Å². The number of ketones is 1. The van der Waals surface area contributed by atoms with Gasteiger partial charge in [-0.3, -0.25) is 19.5 Å². The van der Waals surface area contributed by atoms with Crippen LogP contribution in [0, 0.1) is 13.8 Å². The summed E-state index contributed by atoms with van der Waals surface area (Å²) in [6, 6.07) is 14.6. The van der Waals surface area contributed by atoms with Gasteiger partial charge in [-0.05, 0) is 61.4 Å². The maximum Gasteiger partial charge on any atom is 0.300 e. The fourth-order valence-electron chi connectivity index (χ4n) is 3.91. The van der Waals surface area contributed by atoms with E-state index in [9.17, 15) is 14.7 Å². The third-order valence-electron chi connectivity index (χ3n) is 5.66. The lowest BCUT2D eigenvalue weighted by Gasteiger charge is -2.26. The van der Waals surface area contributed by atoms with Crippen LogP contribution >= 0.6 is 11.6 Å². The molecule has 2 heterocycles. The number of anilines is 1. The average Bonchev–Trinajstić information content (AvgIpc) is 3.06. The molecule has 1 atom stereocenters. The van der Waals surface area contributed by atoms with Crippen LogP contribution in [0.4, 0.5) is 5.69 Å². The number of pyridine rings is 1. The molecule has 3 aromatic rings. The number of aromatic nitrogens is 1. The summed E-state index contributed by atoms with van der Waals surface area (Å²) >= 11 is 6.14. The Kier molecular flexibility index (Phi) is 5.72. The first-order chi connectivity index (χ1) is 15.3. The molecule has 1 aliphatic rings. The molecule has 0 aliphatic carbocycles. The minimum atomic E-state index is -0.916. The first-order valence-corrected chi connectivity index (χ1v) is 10.3. The highest BCUT2D eigenvalue weighted by Crippen LogP contribution is 2.44. The highest BCUT2D eigenvalue weighted by molar-refractivity contribution is 6.51. The summed E-state index contributed by atoms with van der Waals surface area (Å²) in [6.45, 7) is 3.82. The summed E-state index contributed by atoms with van der Waals surface area (Å²) in [6.07, 6.45) is 1.58. The van der Waals surface area contributed by atoms with Crippen molar-refractivity contribution in [3.05, 3.63) is 93.8 Å². The summed E-state index contributed by atoms with van der Waals surface area (Å²) in [4.78, 5) is 32.3. The van der Waals surface area contributed by atoms with Gasteiger partial charge in [-0.25, -0.2) is 0 Å². The monoisotopic (exact) mass is 448 g/mol. The van der Waals surface area contributed by atoms with E-state index in [1.54, 1.807) is 42.6 Å². The van der Waals surface area contributed by atoms with Gasteiger partial charge in [0.1, 0.15) is 17.6 Å². The summed E-state index contributed by atoms with van der Waals surface area (Å²) < 4.78 is 5.35. The van der Waals surface area contributed by atoms with Gasteiger partial charge in [-0.2, -0.15) is 0 Å². The maximum absolute atomic E-state index is 13.3. The second kappa shape index (κ2) is 8.48. The molecule has 0 bridgehead atoms. The molecule has 1 aromatic heterocycles. The van der Waals surface area contributed by atoms with Crippen LogP contribution in [0.3, 0.4) is 0 Å². The molecule has 4 rings (SSSR count). The van der Waals surface area contributed by atoms with Crippen molar-refractivity contribution < 1.29 is 19.4 Å². The van der Waals surface area contributed by atoms with Gasteiger partial charge in [0.25, 0.3) is 11.7 Å². The number of carbonyl (C=O) groups is 2. The Bertz CT molecular complexity index is 1250. The summed E-state index contributed by atoms with van der Waals surface area (Å²) in [7, 11) is 1.45. The van der Waals surface area contributed by atoms with Crippen molar-refractivity contribution >= 4 is 34.7 Å². The SMILES string of the molecule is COc1ccc(Cl)cc1/C(O)=C1\C(=O)C(=O)N(c2cccc(C)c2C)C1c1ccccn1. The third kappa shape index (κ3) is 3.52. The largest absolute Gasteiger partial charge is 0.507 e. The van der Waals surface area contributed by atoms with Crippen molar-refractivity contribution in [1.29, 1.82) is 0 Å². The number of aliphatic hydroxyl groups is 1. The van der Waals surface area contributed by atoms with Crippen LogP contribution in [-0.4, -0.2) is 28.9 Å². The molecule has 2 aromatic carbocycles. The molecule has 6 nitrogen and oxygen atoms in total. The van der Waals surface area contributed by atoms with Crippen molar-refractivity contribution in [2.75, 3.05) is 12.0 Å². The van der Waals surface area contributed by atoms with Gasteiger partial charge in [-0.1, -0.05) is 29.8 Å². The number of hydrogen-bond acceptors (Lipinski definition) is 5. The van der Waals surface area contributed by atoms with Gasteiger partial charge < -0.3 is 9.84 Å². The third-order valence-corrected chi connectivity index (χ3v) is 5.90. The topological polar surface area (TPSA) is 79.7 Å². The van der Waals surface area contributed by atoms with Gasteiger partial charge in [0, 0.05) is 16.9 Å². The molecule has 32 heavy (non-hydrogen) atoms. The number of Topliss-reactive ketones (excluding diaryl/α,β-unsaturated/α-hetero) is 1. The molecule has 162 valence electrons. The number of nitrogens with zero attached hydrogens (tertiary/aromatic N) is 2. The lowest BCUT2D eigenvalue weighted by atomic mass is 9.97. The predicted molar refractivity (Wildman–Crippen MR) is 123 cm³/mol. The lowest BCUT2D eigenvalue weighted by molar-refractivity contribution is -0.132. The molecule has 0 saturated carbocycles. The van der Waals surface area contributed by atoms with E-state index in [4.69, 9.17) is 16.3 Å². The highest BCUT2D eigenvalue weighted by Gasteiger charge is 2.48. The van der Waals surface area contributed by atoms with E-state index < -0.39 is 17.7 Å². The minimum Gasteiger partial charge on any atom is -0.507 e. The Morgan fingerprint density at radius 1 is 1.09 bits per heavy atom. The van der Waals surface area contributed by atoms with Gasteiger partial charge >= 0.3 is 0 Å². The second-order valence-corrected chi connectivity index (χ2v) is 7.92. The molecule has 0 spiro atoms. The highest BCUT2D eigenvalue weighted by atomic mass is 35.5. The molecule has 1 N–H and O–H groups in total. The van der Waals surface area contributed by atoms with Gasteiger partial charge in [0.05, 0.1) is 23.9 Å². The van der Waals surface area contributed by atoms with Gasteiger partial charge in [-0.15, -0.1) is 0 Å². The fraction of sp³-hybridized carbons (Fsp3) is 0.160. The van der Waals surface area contributed by atoms with Crippen LogP contribution in [0.5, 0.6) is 5.75 Å². The number of methoxy groups -OCH3 is 1. The van der Waals surface area contributed by atoms with Gasteiger partial charge in [0.2, 0.25) is 0 Å². The van der Waals surface area contributed by atoms with Gasteiger partial charge in [0.15, 0.2) is 0 Å². The summed E-state index contributed by atoms with van der Waals surface area (Å²) in [5.74, 6) is -1.59. The molecular weight excluding hydrogens is 428 g/mol. The van der Waals surface area contributed by atoms with Crippen LogP contribution in [0.25, 0.3) is 5.76 Å². The van der Waals surface area contributed by atoms with Crippen molar-refractivity contribution in [2.45, 2.75) is 19.9 Å². The van der Waals surface area contributed by atoms with Crippen molar-refractivity contribution in [1.82, 2.24) is 4.98 Å². The number of benzene rings is 2. The smallest absolute Gasteiger partial charge is 0.300 e.